The summed E-state index contributed by atoms with van der Waals surface area (Å²) >= 11 is 0. The second kappa shape index (κ2) is 7.88. The molecule has 2 heterocycles. The lowest BCUT2D eigenvalue weighted by atomic mass is 10.1. The molecule has 0 aliphatic rings. The second-order valence-electron chi connectivity index (χ2n) is 6.24. The number of carbonyl (C=O) groups is 1. The Labute approximate surface area is 152 Å². The van der Waals surface area contributed by atoms with E-state index in [0.717, 1.165) is 22.4 Å². The van der Waals surface area contributed by atoms with Crippen LogP contribution in [0.4, 0.5) is 5.69 Å². The number of amides is 1. The van der Waals surface area contributed by atoms with Crippen molar-refractivity contribution in [3.05, 3.63) is 59.7 Å². The number of aryl methyl sites for hydroxylation is 2. The van der Waals surface area contributed by atoms with Crippen LogP contribution in [0, 0.1) is 13.8 Å². The molecule has 7 nitrogen and oxygen atoms in total. The molecule has 0 saturated carbocycles. The average Bonchev–Trinajstić information content (AvgIpc) is 3.07. The first-order chi connectivity index (χ1) is 12.5. The molecule has 0 fully saturated rings. The Balaban J connectivity index is 1.58. The van der Waals surface area contributed by atoms with Crippen molar-refractivity contribution in [3.63, 3.8) is 0 Å². The van der Waals surface area contributed by atoms with E-state index in [2.05, 4.69) is 20.4 Å². The van der Waals surface area contributed by atoms with Crippen molar-refractivity contribution in [1.82, 2.24) is 20.0 Å². The SMILES string of the molecule is Cc1cccc(C)c1NC(=O)CN(C)Cc1nc(-c2cccnc2)no1. The van der Waals surface area contributed by atoms with Gasteiger partial charge in [0.2, 0.25) is 17.6 Å². The van der Waals surface area contributed by atoms with Gasteiger partial charge in [0.25, 0.3) is 0 Å². The Morgan fingerprint density at radius 2 is 1.96 bits per heavy atom. The van der Waals surface area contributed by atoms with Gasteiger partial charge in [-0.25, -0.2) is 0 Å². The molecule has 26 heavy (non-hydrogen) atoms. The number of rotatable bonds is 6. The zero-order chi connectivity index (χ0) is 18.5. The molecule has 3 aromatic rings. The number of anilines is 1. The van der Waals surface area contributed by atoms with E-state index in [9.17, 15) is 4.79 Å². The van der Waals surface area contributed by atoms with E-state index in [-0.39, 0.29) is 12.5 Å². The lowest BCUT2D eigenvalue weighted by molar-refractivity contribution is -0.117. The number of para-hydroxylation sites is 1. The van der Waals surface area contributed by atoms with E-state index >= 15 is 0 Å². The van der Waals surface area contributed by atoms with Gasteiger partial charge in [0.15, 0.2) is 0 Å². The van der Waals surface area contributed by atoms with Crippen molar-refractivity contribution in [3.8, 4) is 11.4 Å². The maximum atomic E-state index is 12.3. The molecule has 1 aromatic carbocycles. The maximum Gasteiger partial charge on any atom is 0.241 e. The zero-order valence-electron chi connectivity index (χ0n) is 15.1. The van der Waals surface area contributed by atoms with Crippen LogP contribution in [0.15, 0.2) is 47.2 Å². The molecule has 0 aliphatic carbocycles. The number of hydrogen-bond acceptors (Lipinski definition) is 6. The Kier molecular flexibility index (Phi) is 5.38. The van der Waals surface area contributed by atoms with Gasteiger partial charge in [0.1, 0.15) is 0 Å². The minimum absolute atomic E-state index is 0.0862. The minimum Gasteiger partial charge on any atom is -0.338 e. The highest BCUT2D eigenvalue weighted by molar-refractivity contribution is 5.93. The molecule has 0 spiro atoms. The van der Waals surface area contributed by atoms with Gasteiger partial charge in [-0.2, -0.15) is 4.98 Å². The van der Waals surface area contributed by atoms with Gasteiger partial charge in [-0.1, -0.05) is 23.4 Å². The van der Waals surface area contributed by atoms with Gasteiger partial charge in [-0.15, -0.1) is 0 Å². The molecule has 1 N–H and O–H groups in total. The highest BCUT2D eigenvalue weighted by atomic mass is 16.5. The molecule has 3 rings (SSSR count). The smallest absolute Gasteiger partial charge is 0.241 e. The van der Waals surface area contributed by atoms with E-state index in [1.54, 1.807) is 12.4 Å². The summed E-state index contributed by atoms with van der Waals surface area (Å²) in [5.74, 6) is 0.851. The van der Waals surface area contributed by atoms with E-state index in [1.165, 1.54) is 0 Å². The fraction of sp³-hybridized carbons (Fsp3) is 0.263. The first kappa shape index (κ1) is 17.8. The van der Waals surface area contributed by atoms with Gasteiger partial charge in [-0.3, -0.25) is 14.7 Å². The lowest BCUT2D eigenvalue weighted by Gasteiger charge is -2.16. The number of pyridine rings is 1. The lowest BCUT2D eigenvalue weighted by Crippen LogP contribution is -2.30. The second-order valence-corrected chi connectivity index (χ2v) is 6.24. The number of hydrogen-bond donors (Lipinski definition) is 1. The monoisotopic (exact) mass is 351 g/mol. The van der Waals surface area contributed by atoms with Crippen LogP contribution in [-0.2, 0) is 11.3 Å². The van der Waals surface area contributed by atoms with E-state index in [4.69, 9.17) is 4.52 Å². The zero-order valence-corrected chi connectivity index (χ0v) is 15.1. The molecule has 0 saturated heterocycles. The van der Waals surface area contributed by atoms with E-state index in [1.807, 2.05) is 56.1 Å². The van der Waals surface area contributed by atoms with Crippen molar-refractivity contribution >= 4 is 11.6 Å². The molecule has 0 radical (unpaired) electrons. The van der Waals surface area contributed by atoms with Crippen molar-refractivity contribution in [2.24, 2.45) is 0 Å². The fourth-order valence-electron chi connectivity index (χ4n) is 2.65. The van der Waals surface area contributed by atoms with Crippen LogP contribution in [0.25, 0.3) is 11.4 Å². The fourth-order valence-corrected chi connectivity index (χ4v) is 2.65. The molecule has 0 aliphatic heterocycles. The molecular formula is C19H21N5O2. The Bertz CT molecular complexity index is 872. The van der Waals surface area contributed by atoms with Crippen LogP contribution >= 0.6 is 0 Å². The first-order valence-corrected chi connectivity index (χ1v) is 8.30. The highest BCUT2D eigenvalue weighted by Gasteiger charge is 2.14. The van der Waals surface area contributed by atoms with Gasteiger partial charge < -0.3 is 9.84 Å². The van der Waals surface area contributed by atoms with Gasteiger partial charge in [0, 0.05) is 23.6 Å². The van der Waals surface area contributed by atoms with Crippen molar-refractivity contribution in [2.45, 2.75) is 20.4 Å². The molecule has 0 bridgehead atoms. The summed E-state index contributed by atoms with van der Waals surface area (Å²) in [7, 11) is 1.83. The summed E-state index contributed by atoms with van der Waals surface area (Å²) in [5.41, 5.74) is 3.73. The standard InChI is InChI=1S/C19H21N5O2/c1-13-6-4-7-14(2)18(13)21-16(25)11-24(3)12-17-22-19(23-26-17)15-8-5-9-20-10-15/h4-10H,11-12H2,1-3H3,(H,21,25). The summed E-state index contributed by atoms with van der Waals surface area (Å²) in [4.78, 5) is 22.5. The predicted octanol–water partition coefficient (Wildman–Crippen LogP) is 2.82. The molecule has 0 atom stereocenters. The Morgan fingerprint density at radius 1 is 1.19 bits per heavy atom. The third-order valence-electron chi connectivity index (χ3n) is 3.95. The summed E-state index contributed by atoms with van der Waals surface area (Å²) in [6, 6.07) is 9.61. The predicted molar refractivity (Wildman–Crippen MR) is 98.4 cm³/mol. The van der Waals surface area contributed by atoms with E-state index < -0.39 is 0 Å². The third kappa shape index (κ3) is 4.31. The molecule has 1 amide bonds. The van der Waals surface area contributed by atoms with Crippen molar-refractivity contribution in [2.75, 3.05) is 18.9 Å². The normalized spacial score (nSPS) is 10.9. The minimum atomic E-state index is -0.0862. The van der Waals surface area contributed by atoms with Crippen LogP contribution in [0.2, 0.25) is 0 Å². The topological polar surface area (TPSA) is 84.2 Å². The van der Waals surface area contributed by atoms with Gasteiger partial charge in [0.05, 0.1) is 13.1 Å². The molecule has 0 unspecified atom stereocenters. The van der Waals surface area contributed by atoms with Crippen LogP contribution in [-0.4, -0.2) is 39.5 Å². The summed E-state index contributed by atoms with van der Waals surface area (Å²) in [5, 5.41) is 6.93. The third-order valence-corrected chi connectivity index (χ3v) is 3.95. The van der Waals surface area contributed by atoms with Crippen LogP contribution in [0.1, 0.15) is 17.0 Å². The first-order valence-electron chi connectivity index (χ1n) is 8.30. The van der Waals surface area contributed by atoms with Crippen molar-refractivity contribution < 1.29 is 9.32 Å². The summed E-state index contributed by atoms with van der Waals surface area (Å²) in [6.45, 7) is 4.56. The van der Waals surface area contributed by atoms with Gasteiger partial charge >= 0.3 is 0 Å². The Morgan fingerprint density at radius 3 is 2.65 bits per heavy atom. The van der Waals surface area contributed by atoms with E-state index in [0.29, 0.717) is 18.3 Å². The number of carbonyl (C=O) groups excluding carboxylic acids is 1. The van der Waals surface area contributed by atoms with Crippen LogP contribution in [0.5, 0.6) is 0 Å². The van der Waals surface area contributed by atoms with Crippen molar-refractivity contribution in [1.29, 1.82) is 0 Å². The number of benzene rings is 1. The number of likely N-dealkylation sites (N-methyl/N-ethyl adjacent to an activating group) is 1. The maximum absolute atomic E-state index is 12.3. The average molecular weight is 351 g/mol. The molecule has 7 heteroatoms. The summed E-state index contributed by atoms with van der Waals surface area (Å²) < 4.78 is 5.27. The largest absolute Gasteiger partial charge is 0.338 e. The number of aromatic nitrogens is 3. The van der Waals surface area contributed by atoms with Crippen LogP contribution < -0.4 is 5.32 Å². The number of nitrogens with zero attached hydrogens (tertiary/aromatic N) is 4. The quantitative estimate of drug-likeness (QED) is 0.735. The summed E-state index contributed by atoms with van der Waals surface area (Å²) in [6.07, 6.45) is 3.36. The molecule has 2 aromatic heterocycles. The van der Waals surface area contributed by atoms with Crippen LogP contribution in [0.3, 0.4) is 0 Å². The Hall–Kier alpha value is -3.06. The van der Waals surface area contributed by atoms with Gasteiger partial charge in [-0.05, 0) is 44.2 Å². The molecular weight excluding hydrogens is 330 g/mol. The number of nitrogens with one attached hydrogen (secondary N) is 1. The highest BCUT2D eigenvalue weighted by Crippen LogP contribution is 2.19. The molecule has 134 valence electrons.